The Kier molecular flexibility index (Phi) is 7.42. The summed E-state index contributed by atoms with van der Waals surface area (Å²) in [6.07, 6.45) is 0.127. The van der Waals surface area contributed by atoms with Gasteiger partial charge in [0.15, 0.2) is 17.1 Å². The fraction of sp³-hybridized carbons (Fsp3) is 0.323. The van der Waals surface area contributed by atoms with Crippen molar-refractivity contribution in [3.05, 3.63) is 82.3 Å². The summed E-state index contributed by atoms with van der Waals surface area (Å²) in [5.74, 6) is -7.47. The summed E-state index contributed by atoms with van der Waals surface area (Å²) in [5, 5.41) is 51.5. The number of aliphatic hydroxyl groups is 3. The zero-order chi connectivity index (χ0) is 32.4. The Labute approximate surface area is 252 Å². The second-order valence-corrected chi connectivity index (χ2v) is 11.7. The van der Waals surface area contributed by atoms with E-state index in [0.29, 0.717) is 16.9 Å². The van der Waals surface area contributed by atoms with Gasteiger partial charge < -0.3 is 41.7 Å². The standard InChI is InChI=1S/C31H34FN5O7/c1-13(34-16-8-6-15(32)7-9-16)35-19-12-20(36(2)3)17-10-14-11-18-24(37(4)5)27(40)23(30(33)43)29(42)31(18,44)28(41)21(14)26(39)22(17)25(19)38/h6-9,12,14,18,24,34-35,38,40-41,44H,1,10-11H2,2-5H3,(H2,33,43). The molecule has 232 valence electrons. The van der Waals surface area contributed by atoms with Gasteiger partial charge in [0.2, 0.25) is 5.78 Å². The molecule has 0 spiro atoms. The minimum Gasteiger partial charge on any atom is -0.510 e. The average Bonchev–Trinajstić information content (AvgIpc) is 2.93. The number of nitrogens with one attached hydrogen (secondary N) is 2. The lowest BCUT2D eigenvalue weighted by Gasteiger charge is -2.50. The van der Waals surface area contributed by atoms with Crippen LogP contribution in [0.3, 0.4) is 0 Å². The number of carbonyl (C=O) groups is 3. The molecule has 1 amide bonds. The third kappa shape index (κ3) is 4.55. The molecule has 2 aromatic carbocycles. The maximum atomic E-state index is 14.2. The number of anilines is 3. The van der Waals surface area contributed by atoms with Crippen LogP contribution in [0.5, 0.6) is 5.75 Å². The van der Waals surface area contributed by atoms with Crippen LogP contribution in [0.2, 0.25) is 0 Å². The number of nitrogens with two attached hydrogens (primary N) is 1. The summed E-state index contributed by atoms with van der Waals surface area (Å²) in [7, 11) is 6.65. The molecular formula is C31H34FN5O7. The summed E-state index contributed by atoms with van der Waals surface area (Å²) in [6, 6.07) is 6.06. The molecule has 0 saturated heterocycles. The number of allylic oxidation sites excluding steroid dienone is 1. The van der Waals surface area contributed by atoms with Gasteiger partial charge in [0.1, 0.15) is 28.7 Å². The topological polar surface area (TPSA) is 189 Å². The molecule has 0 saturated carbocycles. The lowest BCUT2D eigenvalue weighted by atomic mass is 9.58. The van der Waals surface area contributed by atoms with Crippen LogP contribution >= 0.6 is 0 Å². The highest BCUT2D eigenvalue weighted by atomic mass is 19.1. The van der Waals surface area contributed by atoms with Crippen molar-refractivity contribution in [2.24, 2.45) is 17.6 Å². The van der Waals surface area contributed by atoms with Gasteiger partial charge in [0.25, 0.3) is 5.91 Å². The number of likely N-dealkylation sites (N-methyl/N-ethyl adjacent to an activating group) is 1. The van der Waals surface area contributed by atoms with Gasteiger partial charge in [-0.2, -0.15) is 0 Å². The number of aromatic hydroxyl groups is 1. The molecule has 0 fully saturated rings. The van der Waals surface area contributed by atoms with Crippen LogP contribution in [0.1, 0.15) is 22.3 Å². The first-order valence-electron chi connectivity index (χ1n) is 13.8. The monoisotopic (exact) mass is 607 g/mol. The zero-order valence-electron chi connectivity index (χ0n) is 24.6. The van der Waals surface area contributed by atoms with E-state index in [4.69, 9.17) is 5.73 Å². The van der Waals surface area contributed by atoms with Gasteiger partial charge >= 0.3 is 0 Å². The number of primary amides is 1. The van der Waals surface area contributed by atoms with E-state index in [1.54, 1.807) is 39.2 Å². The van der Waals surface area contributed by atoms with Gasteiger partial charge in [-0.15, -0.1) is 0 Å². The summed E-state index contributed by atoms with van der Waals surface area (Å²) in [4.78, 5) is 43.1. The lowest BCUT2D eigenvalue weighted by Crippen LogP contribution is -2.63. The first-order valence-corrected chi connectivity index (χ1v) is 13.8. The highest BCUT2D eigenvalue weighted by Gasteiger charge is 2.63. The molecule has 4 unspecified atom stereocenters. The Morgan fingerprint density at radius 1 is 1.09 bits per heavy atom. The summed E-state index contributed by atoms with van der Waals surface area (Å²) >= 11 is 0. The van der Waals surface area contributed by atoms with Crippen molar-refractivity contribution in [2.45, 2.75) is 24.5 Å². The average molecular weight is 608 g/mol. The Hall–Kier alpha value is -4.88. The van der Waals surface area contributed by atoms with E-state index in [0.717, 1.165) is 0 Å². The van der Waals surface area contributed by atoms with Crippen molar-refractivity contribution in [1.29, 1.82) is 0 Å². The number of fused-ring (bicyclic) bond motifs is 3. The highest BCUT2D eigenvalue weighted by molar-refractivity contribution is 6.25. The van der Waals surface area contributed by atoms with Crippen molar-refractivity contribution in [3.63, 3.8) is 0 Å². The van der Waals surface area contributed by atoms with Gasteiger partial charge in [-0.05, 0) is 68.8 Å². The number of phenols is 1. The van der Waals surface area contributed by atoms with Crippen LogP contribution in [0, 0.1) is 17.7 Å². The van der Waals surface area contributed by atoms with Gasteiger partial charge in [-0.25, -0.2) is 4.39 Å². The molecule has 12 nitrogen and oxygen atoms in total. The van der Waals surface area contributed by atoms with Gasteiger partial charge in [0.05, 0.1) is 17.3 Å². The highest BCUT2D eigenvalue weighted by Crippen LogP contribution is 2.54. The van der Waals surface area contributed by atoms with Crippen LogP contribution in [-0.4, -0.2) is 82.6 Å². The molecule has 4 atom stereocenters. The largest absolute Gasteiger partial charge is 0.510 e. The molecule has 0 radical (unpaired) electrons. The number of phenolic OH excluding ortho intramolecular Hbond substituents is 1. The molecule has 13 heteroatoms. The molecule has 0 aromatic heterocycles. The van der Waals surface area contributed by atoms with E-state index >= 15 is 0 Å². The molecule has 0 bridgehead atoms. The summed E-state index contributed by atoms with van der Waals surface area (Å²) in [6.45, 7) is 3.89. The molecule has 8 N–H and O–H groups in total. The number of carbonyl (C=O) groups excluding carboxylic acids is 3. The number of benzene rings is 2. The van der Waals surface area contributed by atoms with E-state index in [-0.39, 0.29) is 35.5 Å². The van der Waals surface area contributed by atoms with Crippen molar-refractivity contribution in [1.82, 2.24) is 4.90 Å². The predicted octanol–water partition coefficient (Wildman–Crippen LogP) is 2.32. The van der Waals surface area contributed by atoms with Gasteiger partial charge in [0, 0.05) is 37.0 Å². The maximum absolute atomic E-state index is 14.2. The molecule has 0 heterocycles. The fourth-order valence-corrected chi connectivity index (χ4v) is 6.69. The van der Waals surface area contributed by atoms with E-state index < -0.39 is 69.6 Å². The summed E-state index contributed by atoms with van der Waals surface area (Å²) < 4.78 is 13.3. The summed E-state index contributed by atoms with van der Waals surface area (Å²) in [5.41, 5.74) is 3.05. The SMILES string of the molecule is C=C(Nc1ccc(F)cc1)Nc1cc(N(C)C)c2c(c1O)C(=O)C1=C(O)C3(O)C(=O)C(C(N)=O)=C(O)C(N(C)C)C3CC1C2. The molecule has 3 aliphatic rings. The number of Topliss-reactive ketones (excluding diaryl/α,β-unsaturated/α-hetero) is 2. The first-order chi connectivity index (χ1) is 20.6. The molecule has 0 aliphatic heterocycles. The number of nitrogens with zero attached hydrogens (tertiary/aromatic N) is 2. The molecule has 3 aliphatic carbocycles. The molecule has 2 aromatic rings. The smallest absolute Gasteiger partial charge is 0.255 e. The Balaban J connectivity index is 1.62. The van der Waals surface area contributed by atoms with Gasteiger partial charge in [-0.1, -0.05) is 6.58 Å². The van der Waals surface area contributed by atoms with E-state index in [2.05, 4.69) is 17.2 Å². The van der Waals surface area contributed by atoms with Crippen LogP contribution in [0.4, 0.5) is 21.5 Å². The fourth-order valence-electron chi connectivity index (χ4n) is 6.69. The van der Waals surface area contributed by atoms with Crippen LogP contribution < -0.4 is 21.3 Å². The zero-order valence-corrected chi connectivity index (χ0v) is 24.6. The lowest BCUT2D eigenvalue weighted by molar-refractivity contribution is -0.148. The Morgan fingerprint density at radius 2 is 1.73 bits per heavy atom. The molecule has 5 rings (SSSR count). The molecule has 44 heavy (non-hydrogen) atoms. The normalized spacial score (nSPS) is 24.5. The Morgan fingerprint density at radius 3 is 2.30 bits per heavy atom. The number of halogens is 1. The third-order valence-corrected chi connectivity index (χ3v) is 8.61. The number of rotatable bonds is 7. The number of aliphatic hydroxyl groups excluding tert-OH is 2. The number of hydrogen-bond acceptors (Lipinski definition) is 11. The van der Waals surface area contributed by atoms with Crippen LogP contribution in [0.25, 0.3) is 0 Å². The quantitative estimate of drug-likeness (QED) is 0.181. The van der Waals surface area contributed by atoms with Crippen LogP contribution in [0.15, 0.2) is 65.4 Å². The van der Waals surface area contributed by atoms with Crippen molar-refractivity contribution >= 4 is 34.5 Å². The number of ketones is 2. The second kappa shape index (κ2) is 10.7. The number of hydrogen-bond donors (Lipinski definition) is 7. The van der Waals surface area contributed by atoms with Crippen molar-refractivity contribution in [2.75, 3.05) is 43.7 Å². The van der Waals surface area contributed by atoms with Crippen LogP contribution in [-0.2, 0) is 16.0 Å². The van der Waals surface area contributed by atoms with Gasteiger partial charge in [-0.3, -0.25) is 19.3 Å². The van der Waals surface area contributed by atoms with Crippen molar-refractivity contribution < 1.29 is 39.2 Å². The Bertz CT molecular complexity index is 1680. The van der Waals surface area contributed by atoms with Crippen molar-refractivity contribution in [3.8, 4) is 5.75 Å². The minimum atomic E-state index is -2.73. The maximum Gasteiger partial charge on any atom is 0.255 e. The third-order valence-electron chi connectivity index (χ3n) is 8.61. The first kappa shape index (κ1) is 30.6. The second-order valence-electron chi connectivity index (χ2n) is 11.7. The number of amides is 1. The predicted molar refractivity (Wildman–Crippen MR) is 161 cm³/mol. The molecular weight excluding hydrogens is 573 g/mol. The van der Waals surface area contributed by atoms with E-state index in [1.165, 1.54) is 29.2 Å². The van der Waals surface area contributed by atoms with E-state index in [9.17, 15) is 39.2 Å². The van der Waals surface area contributed by atoms with E-state index in [1.807, 2.05) is 0 Å². The minimum absolute atomic E-state index is 0.0161.